The number of anilines is 1. The molecule has 1 fully saturated rings. The van der Waals surface area contributed by atoms with Crippen molar-refractivity contribution in [2.24, 2.45) is 5.92 Å². The Labute approximate surface area is 193 Å². The minimum Gasteiger partial charge on any atom is -0.480 e. The Morgan fingerprint density at radius 3 is 2.52 bits per heavy atom. The molecule has 0 spiro atoms. The number of urea groups is 1. The zero-order valence-corrected chi connectivity index (χ0v) is 19.4. The third-order valence-corrected chi connectivity index (χ3v) is 5.43. The predicted octanol–water partition coefficient (Wildman–Crippen LogP) is 0.685. The number of nitrogens with zero attached hydrogens (tertiary/aromatic N) is 1. The van der Waals surface area contributed by atoms with Gasteiger partial charge in [-0.3, -0.25) is 4.79 Å². The van der Waals surface area contributed by atoms with Crippen LogP contribution in [0.4, 0.5) is 10.6 Å². The fraction of sp³-hybridized carbons (Fsp3) is 0.636. The van der Waals surface area contributed by atoms with Crippen LogP contribution in [-0.2, 0) is 25.5 Å². The van der Waals surface area contributed by atoms with Crippen LogP contribution in [0.3, 0.4) is 0 Å². The maximum absolute atomic E-state index is 12.9. The summed E-state index contributed by atoms with van der Waals surface area (Å²) < 4.78 is 11.2. The molecule has 3 atom stereocenters. The van der Waals surface area contributed by atoms with Gasteiger partial charge in [-0.15, -0.1) is 0 Å². The third kappa shape index (κ3) is 8.50. The number of hydrogen-bond acceptors (Lipinski definition) is 7. The van der Waals surface area contributed by atoms with Gasteiger partial charge in [0.25, 0.3) is 0 Å². The number of aromatic nitrogens is 1. The molecule has 1 aliphatic rings. The van der Waals surface area contributed by atoms with E-state index in [2.05, 4.69) is 20.9 Å². The third-order valence-electron chi connectivity index (χ3n) is 5.43. The number of carboxylic acid groups (broad SMARTS) is 1. The zero-order valence-electron chi connectivity index (χ0n) is 19.4. The van der Waals surface area contributed by atoms with Crippen LogP contribution < -0.4 is 21.7 Å². The molecule has 0 unspecified atom stereocenters. The van der Waals surface area contributed by atoms with Crippen molar-refractivity contribution >= 4 is 23.7 Å². The van der Waals surface area contributed by atoms with Crippen LogP contribution in [0.25, 0.3) is 0 Å². The molecule has 3 amide bonds. The maximum Gasteiger partial charge on any atom is 0.329 e. The molecule has 0 aliphatic carbocycles. The largest absolute Gasteiger partial charge is 0.480 e. The van der Waals surface area contributed by atoms with Crippen molar-refractivity contribution < 1.29 is 29.0 Å². The van der Waals surface area contributed by atoms with E-state index < -0.39 is 29.5 Å². The zero-order chi connectivity index (χ0) is 24.4. The lowest BCUT2D eigenvalue weighted by molar-refractivity contribution is -0.143. The first-order valence-electron chi connectivity index (χ1n) is 11.1. The molecule has 0 saturated carbocycles. The van der Waals surface area contributed by atoms with E-state index in [9.17, 15) is 19.5 Å². The number of nitrogens with one attached hydrogen (secondary N) is 3. The number of nitrogen functional groups attached to an aromatic ring is 1. The van der Waals surface area contributed by atoms with E-state index in [-0.39, 0.29) is 25.0 Å². The highest BCUT2D eigenvalue weighted by Gasteiger charge is 2.36. The Hall–Kier alpha value is -2.92. The smallest absolute Gasteiger partial charge is 0.329 e. The second-order valence-electron chi connectivity index (χ2n) is 8.77. The molecule has 1 aromatic heterocycles. The monoisotopic (exact) mass is 465 g/mol. The molecule has 1 aliphatic heterocycles. The average molecular weight is 466 g/mol. The van der Waals surface area contributed by atoms with E-state index in [0.717, 1.165) is 12.8 Å². The highest BCUT2D eigenvalue weighted by molar-refractivity contribution is 5.90. The quantitative estimate of drug-likeness (QED) is 0.409. The molecular weight excluding hydrogens is 430 g/mol. The van der Waals surface area contributed by atoms with E-state index >= 15 is 0 Å². The highest BCUT2D eigenvalue weighted by Crippen LogP contribution is 2.14. The summed E-state index contributed by atoms with van der Waals surface area (Å²) >= 11 is 0. The molecule has 0 radical (unpaired) electrons. The molecular formula is C22H35N5O6. The van der Waals surface area contributed by atoms with E-state index in [1.165, 1.54) is 13.1 Å². The predicted molar refractivity (Wildman–Crippen MR) is 121 cm³/mol. The van der Waals surface area contributed by atoms with Crippen LogP contribution in [0.5, 0.6) is 0 Å². The molecule has 0 bridgehead atoms. The minimum absolute atomic E-state index is 0.0246. The van der Waals surface area contributed by atoms with Gasteiger partial charge in [0.15, 0.2) is 0 Å². The number of carbonyl (C=O) groups excluding carboxylic acids is 2. The number of amides is 3. The molecule has 2 heterocycles. The lowest BCUT2D eigenvalue weighted by Gasteiger charge is -2.29. The lowest BCUT2D eigenvalue weighted by atomic mass is 9.94. The molecule has 11 nitrogen and oxygen atoms in total. The maximum atomic E-state index is 12.9. The second-order valence-corrected chi connectivity index (χ2v) is 8.77. The molecule has 1 aromatic rings. The summed E-state index contributed by atoms with van der Waals surface area (Å²) in [7, 11) is 0. The van der Waals surface area contributed by atoms with Gasteiger partial charge in [-0.05, 0) is 37.3 Å². The number of nitrogens with two attached hydrogens (primary N) is 1. The van der Waals surface area contributed by atoms with Gasteiger partial charge in [0.05, 0.1) is 19.3 Å². The summed E-state index contributed by atoms with van der Waals surface area (Å²) in [6, 6.07) is 1.18. The van der Waals surface area contributed by atoms with Crippen LogP contribution in [0.15, 0.2) is 18.3 Å². The Bertz CT molecular complexity index is 803. The summed E-state index contributed by atoms with van der Waals surface area (Å²) in [6.07, 6.45) is 3.02. The van der Waals surface area contributed by atoms with Gasteiger partial charge < -0.3 is 36.3 Å². The molecule has 11 heteroatoms. The first-order valence-corrected chi connectivity index (χ1v) is 11.1. The van der Waals surface area contributed by atoms with Gasteiger partial charge >= 0.3 is 12.0 Å². The van der Waals surface area contributed by atoms with Crippen molar-refractivity contribution in [3.05, 3.63) is 23.9 Å². The summed E-state index contributed by atoms with van der Waals surface area (Å²) in [5, 5.41) is 17.7. The van der Waals surface area contributed by atoms with Crippen molar-refractivity contribution in [1.82, 2.24) is 20.9 Å². The fourth-order valence-corrected chi connectivity index (χ4v) is 3.25. The van der Waals surface area contributed by atoms with E-state index in [1.807, 2.05) is 13.8 Å². The van der Waals surface area contributed by atoms with Crippen LogP contribution in [0.2, 0.25) is 0 Å². The van der Waals surface area contributed by atoms with Gasteiger partial charge in [0, 0.05) is 25.8 Å². The van der Waals surface area contributed by atoms with Crippen LogP contribution in [0.1, 0.15) is 39.2 Å². The first-order chi connectivity index (χ1) is 15.6. The number of carbonyl (C=O) groups is 3. The number of rotatable bonds is 6. The number of aliphatic carboxylic acids is 1. The summed E-state index contributed by atoms with van der Waals surface area (Å²) in [4.78, 5) is 41.5. The van der Waals surface area contributed by atoms with Crippen molar-refractivity contribution in [3.8, 4) is 0 Å². The molecule has 2 rings (SSSR count). The Morgan fingerprint density at radius 2 is 1.94 bits per heavy atom. The van der Waals surface area contributed by atoms with Gasteiger partial charge in [0.1, 0.15) is 17.4 Å². The fourth-order valence-electron chi connectivity index (χ4n) is 3.25. The Morgan fingerprint density at radius 1 is 1.27 bits per heavy atom. The summed E-state index contributed by atoms with van der Waals surface area (Å²) in [5.41, 5.74) is 4.52. The molecule has 0 aromatic carbocycles. The van der Waals surface area contributed by atoms with E-state index in [4.69, 9.17) is 15.2 Å². The first kappa shape index (κ1) is 26.3. The van der Waals surface area contributed by atoms with Crippen LogP contribution >= 0.6 is 0 Å². The second kappa shape index (κ2) is 12.4. The number of pyridine rings is 1. The SMILES string of the molecule is CC(C)[C@H]1COCCCCOC[C@@H](NC(=O)N[C@@](C)(Cc2ccc(N)nc2)C(=O)O)C(=O)N1. The Kier molecular flexibility index (Phi) is 9.86. The Balaban J connectivity index is 2.09. The van der Waals surface area contributed by atoms with Crippen molar-refractivity contribution in [2.45, 2.75) is 57.7 Å². The molecule has 184 valence electrons. The van der Waals surface area contributed by atoms with Crippen molar-refractivity contribution in [1.29, 1.82) is 0 Å². The van der Waals surface area contributed by atoms with Crippen molar-refractivity contribution in [3.63, 3.8) is 0 Å². The van der Waals surface area contributed by atoms with Gasteiger partial charge in [0.2, 0.25) is 5.91 Å². The molecule has 33 heavy (non-hydrogen) atoms. The van der Waals surface area contributed by atoms with E-state index in [0.29, 0.717) is 31.2 Å². The average Bonchev–Trinajstić information content (AvgIpc) is 2.74. The van der Waals surface area contributed by atoms with Crippen LogP contribution in [-0.4, -0.2) is 72.0 Å². The van der Waals surface area contributed by atoms with Crippen LogP contribution in [0, 0.1) is 5.92 Å². The summed E-state index contributed by atoms with van der Waals surface area (Å²) in [6.45, 7) is 6.67. The van der Waals surface area contributed by atoms with Gasteiger partial charge in [-0.1, -0.05) is 19.9 Å². The normalized spacial score (nSPS) is 22.2. The van der Waals surface area contributed by atoms with Gasteiger partial charge in [-0.25, -0.2) is 14.6 Å². The highest BCUT2D eigenvalue weighted by atomic mass is 16.5. The number of hydrogen-bond donors (Lipinski definition) is 5. The van der Waals surface area contributed by atoms with Gasteiger partial charge in [-0.2, -0.15) is 0 Å². The van der Waals surface area contributed by atoms with Crippen molar-refractivity contribution in [2.75, 3.05) is 32.2 Å². The summed E-state index contributed by atoms with van der Waals surface area (Å²) in [5.74, 6) is -1.23. The standard InChI is InChI=1S/C22H35N5O6/c1-14(2)16-12-32-8-4-5-9-33-13-17(19(28)25-16)26-21(31)27-22(3,20(29)30)10-15-6-7-18(23)24-11-15/h6-7,11,14,16-17H,4-5,8-10,12-13H2,1-3H3,(H2,23,24)(H,25,28)(H,29,30)(H2,26,27,31)/t16-,17-,22+/m1/s1. The van der Waals surface area contributed by atoms with E-state index in [1.54, 1.807) is 12.1 Å². The minimum atomic E-state index is -1.64. The number of ether oxygens (including phenoxy) is 2. The number of carboxylic acids is 1. The lowest BCUT2D eigenvalue weighted by Crippen LogP contribution is -2.61. The topological polar surface area (TPSA) is 165 Å². The molecule has 6 N–H and O–H groups in total. The molecule has 1 saturated heterocycles.